The first-order chi connectivity index (χ1) is 9.10. The number of aliphatic hydroxyl groups is 1. The van der Waals surface area contributed by atoms with Gasteiger partial charge in [0.1, 0.15) is 0 Å². The average molecular weight is 258 g/mol. The Morgan fingerprint density at radius 1 is 0.895 bits per heavy atom. The van der Waals surface area contributed by atoms with E-state index in [1.165, 1.54) is 0 Å². The highest BCUT2D eigenvalue weighted by Gasteiger charge is 2.07. The van der Waals surface area contributed by atoms with Crippen LogP contribution in [0.4, 0.5) is 22.7 Å². The maximum atomic E-state index is 8.90. The van der Waals surface area contributed by atoms with E-state index in [-0.39, 0.29) is 6.61 Å². The van der Waals surface area contributed by atoms with E-state index in [1.54, 1.807) is 12.1 Å². The minimum atomic E-state index is 0.0584. The van der Waals surface area contributed by atoms with Crippen molar-refractivity contribution in [2.24, 2.45) is 0 Å². The fourth-order valence-electron chi connectivity index (χ4n) is 1.98. The summed E-state index contributed by atoms with van der Waals surface area (Å²) in [5, 5.41) is 12.0. The Morgan fingerprint density at radius 2 is 1.58 bits per heavy atom. The molecule has 19 heavy (non-hydrogen) atoms. The van der Waals surface area contributed by atoms with Gasteiger partial charge in [-0.3, -0.25) is 0 Å². The number of aliphatic hydroxyl groups excluding tert-OH is 1. The lowest BCUT2D eigenvalue weighted by Gasteiger charge is -2.13. The van der Waals surface area contributed by atoms with Crippen LogP contribution in [0.1, 0.15) is 0 Å². The quantitative estimate of drug-likeness (QED) is 0.534. The highest BCUT2D eigenvalue weighted by Crippen LogP contribution is 2.32. The molecule has 0 radical (unpaired) electrons. The van der Waals surface area contributed by atoms with Crippen LogP contribution in [0.15, 0.2) is 36.4 Å². The normalized spacial score (nSPS) is 10.4. The number of hydrogen-bond acceptors (Lipinski definition) is 5. The lowest BCUT2D eigenvalue weighted by Crippen LogP contribution is -2.07. The zero-order valence-corrected chi connectivity index (χ0v) is 10.6. The molecule has 0 aromatic heterocycles. The lowest BCUT2D eigenvalue weighted by molar-refractivity contribution is 0.311. The predicted molar refractivity (Wildman–Crippen MR) is 80.7 cm³/mol. The van der Waals surface area contributed by atoms with Crippen molar-refractivity contribution in [1.29, 1.82) is 0 Å². The summed E-state index contributed by atoms with van der Waals surface area (Å²) in [5.41, 5.74) is 22.0. The first-order valence-electron chi connectivity index (χ1n) is 6.01. The molecule has 5 heteroatoms. The smallest absolute Gasteiger partial charge is 0.0604 e. The van der Waals surface area contributed by atoms with Crippen molar-refractivity contribution >= 4 is 22.7 Å². The second kappa shape index (κ2) is 5.49. The Balaban J connectivity index is 2.49. The van der Waals surface area contributed by atoms with E-state index in [0.717, 1.165) is 16.8 Å². The molecule has 0 saturated heterocycles. The van der Waals surface area contributed by atoms with Crippen LogP contribution < -0.4 is 22.5 Å². The van der Waals surface area contributed by atoms with Crippen molar-refractivity contribution in [1.82, 2.24) is 0 Å². The largest absolute Gasteiger partial charge is 0.399 e. The molecule has 2 aromatic rings. The van der Waals surface area contributed by atoms with Gasteiger partial charge in [-0.15, -0.1) is 0 Å². The van der Waals surface area contributed by atoms with Crippen LogP contribution in [0.3, 0.4) is 0 Å². The van der Waals surface area contributed by atoms with Crippen molar-refractivity contribution in [3.63, 3.8) is 0 Å². The van der Waals surface area contributed by atoms with Crippen molar-refractivity contribution in [2.75, 3.05) is 35.7 Å². The molecule has 100 valence electrons. The van der Waals surface area contributed by atoms with Crippen molar-refractivity contribution in [2.45, 2.75) is 0 Å². The molecule has 8 N–H and O–H groups in total. The van der Waals surface area contributed by atoms with Crippen LogP contribution >= 0.6 is 0 Å². The van der Waals surface area contributed by atoms with Gasteiger partial charge in [0.15, 0.2) is 0 Å². The molecule has 0 aliphatic heterocycles. The third kappa shape index (κ3) is 3.08. The van der Waals surface area contributed by atoms with Gasteiger partial charge >= 0.3 is 0 Å². The molecule has 2 aromatic carbocycles. The number of nitrogen functional groups attached to an aromatic ring is 3. The predicted octanol–water partition coefficient (Wildman–Crippen LogP) is 1.50. The van der Waals surface area contributed by atoms with E-state index in [4.69, 9.17) is 22.3 Å². The first-order valence-corrected chi connectivity index (χ1v) is 6.01. The molecule has 0 fully saturated rings. The summed E-state index contributed by atoms with van der Waals surface area (Å²) in [6.07, 6.45) is 0. The molecule has 0 bridgehead atoms. The van der Waals surface area contributed by atoms with Gasteiger partial charge in [-0.05, 0) is 42.0 Å². The maximum Gasteiger partial charge on any atom is 0.0604 e. The molecule has 0 amide bonds. The Hall–Kier alpha value is -2.40. The van der Waals surface area contributed by atoms with E-state index < -0.39 is 0 Å². The van der Waals surface area contributed by atoms with E-state index in [2.05, 4.69) is 5.32 Å². The van der Waals surface area contributed by atoms with Gasteiger partial charge in [0, 0.05) is 34.9 Å². The van der Waals surface area contributed by atoms with Crippen LogP contribution in [0.5, 0.6) is 0 Å². The van der Waals surface area contributed by atoms with E-state index in [1.807, 2.05) is 24.3 Å². The molecule has 5 nitrogen and oxygen atoms in total. The zero-order valence-electron chi connectivity index (χ0n) is 10.6. The minimum absolute atomic E-state index is 0.0584. The third-order valence-corrected chi connectivity index (χ3v) is 2.76. The van der Waals surface area contributed by atoms with Crippen LogP contribution in [0.2, 0.25) is 0 Å². The number of nitrogens with one attached hydrogen (secondary N) is 1. The van der Waals surface area contributed by atoms with Gasteiger partial charge < -0.3 is 27.6 Å². The summed E-state index contributed by atoms with van der Waals surface area (Å²) in [5.74, 6) is 0. The molecule has 0 unspecified atom stereocenters. The number of rotatable bonds is 4. The molecule has 0 saturated carbocycles. The summed E-state index contributed by atoms with van der Waals surface area (Å²) in [6.45, 7) is 0.525. The molecule has 0 spiro atoms. The number of hydrogen-bond donors (Lipinski definition) is 5. The summed E-state index contributed by atoms with van der Waals surface area (Å²) < 4.78 is 0. The fraction of sp³-hybridized carbons (Fsp3) is 0.143. The molecule has 0 heterocycles. The highest BCUT2D eigenvalue weighted by molar-refractivity contribution is 5.83. The van der Waals surface area contributed by atoms with Gasteiger partial charge in [-0.1, -0.05) is 0 Å². The maximum absolute atomic E-state index is 8.90. The van der Waals surface area contributed by atoms with Gasteiger partial charge in [-0.2, -0.15) is 0 Å². The Labute approximate surface area is 112 Å². The standard InChI is InChI=1S/C14H18N4O/c15-10-1-2-14(18-3-4-19)13(8-10)9-5-11(16)7-12(17)6-9/h1-2,5-8,18-19H,3-4,15-17H2. The Morgan fingerprint density at radius 3 is 2.21 bits per heavy atom. The molecule has 0 aliphatic carbocycles. The lowest BCUT2D eigenvalue weighted by atomic mass is 10.0. The number of nitrogens with two attached hydrogens (primary N) is 3. The van der Waals surface area contributed by atoms with Crippen LogP contribution in [-0.4, -0.2) is 18.3 Å². The van der Waals surface area contributed by atoms with Crippen molar-refractivity contribution < 1.29 is 5.11 Å². The summed E-state index contributed by atoms with van der Waals surface area (Å²) >= 11 is 0. The minimum Gasteiger partial charge on any atom is -0.399 e. The number of benzene rings is 2. The Bertz CT molecular complexity index is 563. The molecular formula is C14H18N4O. The molecule has 2 rings (SSSR count). The van der Waals surface area contributed by atoms with Crippen LogP contribution in [0.25, 0.3) is 11.1 Å². The van der Waals surface area contributed by atoms with Gasteiger partial charge in [0.2, 0.25) is 0 Å². The van der Waals surface area contributed by atoms with E-state index >= 15 is 0 Å². The SMILES string of the molecule is Nc1cc(N)cc(-c2cc(N)ccc2NCCO)c1. The number of anilines is 4. The Kier molecular flexibility index (Phi) is 3.77. The van der Waals surface area contributed by atoms with Gasteiger partial charge in [-0.25, -0.2) is 0 Å². The molecule has 0 aliphatic rings. The van der Waals surface area contributed by atoms with Crippen molar-refractivity contribution in [3.05, 3.63) is 36.4 Å². The van der Waals surface area contributed by atoms with E-state index in [9.17, 15) is 0 Å². The summed E-state index contributed by atoms with van der Waals surface area (Å²) in [7, 11) is 0. The van der Waals surface area contributed by atoms with Crippen LogP contribution in [0, 0.1) is 0 Å². The monoisotopic (exact) mass is 258 g/mol. The topological polar surface area (TPSA) is 110 Å². The van der Waals surface area contributed by atoms with Gasteiger partial charge in [0.05, 0.1) is 6.61 Å². The van der Waals surface area contributed by atoms with E-state index in [0.29, 0.717) is 23.6 Å². The second-order valence-electron chi connectivity index (χ2n) is 4.34. The van der Waals surface area contributed by atoms with Crippen molar-refractivity contribution in [3.8, 4) is 11.1 Å². The average Bonchev–Trinajstić information content (AvgIpc) is 2.36. The highest BCUT2D eigenvalue weighted by atomic mass is 16.3. The second-order valence-corrected chi connectivity index (χ2v) is 4.34. The third-order valence-electron chi connectivity index (χ3n) is 2.76. The van der Waals surface area contributed by atoms with Gasteiger partial charge in [0.25, 0.3) is 0 Å². The molecular weight excluding hydrogens is 240 g/mol. The summed E-state index contributed by atoms with van der Waals surface area (Å²) in [6, 6.07) is 10.9. The van der Waals surface area contributed by atoms with Crippen LogP contribution in [-0.2, 0) is 0 Å². The molecule has 0 atom stereocenters. The first kappa shape index (κ1) is 13.0. The zero-order chi connectivity index (χ0) is 13.8. The summed E-state index contributed by atoms with van der Waals surface area (Å²) in [4.78, 5) is 0. The fourth-order valence-corrected chi connectivity index (χ4v) is 1.98.